The van der Waals surface area contributed by atoms with Gasteiger partial charge in [0, 0.05) is 12.8 Å². The Kier molecular flexibility index (Phi) is 20.3. The summed E-state index contributed by atoms with van der Waals surface area (Å²) in [5, 5.41) is 0. The Morgan fingerprint density at radius 2 is 1.32 bits per heavy atom. The Labute approximate surface area is 347 Å². The van der Waals surface area contributed by atoms with Gasteiger partial charge in [-0.15, -0.1) is 0 Å². The van der Waals surface area contributed by atoms with E-state index in [1.807, 2.05) is 0 Å². The highest BCUT2D eigenvalue weighted by atomic mass is 16.5. The minimum absolute atomic E-state index is 0.0429. The van der Waals surface area contributed by atoms with E-state index in [1.54, 1.807) is 5.57 Å². The molecule has 4 aliphatic rings. The van der Waals surface area contributed by atoms with Gasteiger partial charge in [0.05, 0.1) is 0 Å². The van der Waals surface area contributed by atoms with Gasteiger partial charge in [0.2, 0.25) is 0 Å². The van der Waals surface area contributed by atoms with Crippen LogP contribution in [0, 0.1) is 52.3 Å². The van der Waals surface area contributed by atoms with Crippen molar-refractivity contribution in [2.24, 2.45) is 52.3 Å². The molecule has 2 heteroatoms. The fourth-order valence-electron chi connectivity index (χ4n) is 11.4. The smallest absolute Gasteiger partial charge is 0.306 e. The SMILES string of the molecule is CC/C=C\C/C=C\C/C=C\C/C=C\C/C=C\CCCCCCCCCC(=O)OC1CCC2(C)C(=CCC3C2CCC2(C)C(C(C)/C=C/C(C)C(C)C)CCC32)C1. The Morgan fingerprint density at radius 3 is 1.96 bits per heavy atom. The van der Waals surface area contributed by atoms with E-state index in [0.717, 1.165) is 81.5 Å². The molecule has 56 heavy (non-hydrogen) atoms. The van der Waals surface area contributed by atoms with Crippen molar-refractivity contribution in [2.45, 2.75) is 196 Å². The van der Waals surface area contributed by atoms with Crippen LogP contribution in [-0.2, 0) is 9.53 Å². The van der Waals surface area contributed by atoms with E-state index in [1.165, 1.54) is 77.0 Å². The molecule has 0 spiro atoms. The van der Waals surface area contributed by atoms with Gasteiger partial charge in [-0.3, -0.25) is 4.79 Å². The fourth-order valence-corrected chi connectivity index (χ4v) is 11.4. The lowest BCUT2D eigenvalue weighted by Crippen LogP contribution is -2.51. The van der Waals surface area contributed by atoms with Crippen LogP contribution in [0.3, 0.4) is 0 Å². The molecular formula is C54H86O2. The van der Waals surface area contributed by atoms with Crippen molar-refractivity contribution < 1.29 is 9.53 Å². The largest absolute Gasteiger partial charge is 0.462 e. The first kappa shape index (κ1) is 46.3. The van der Waals surface area contributed by atoms with Crippen LogP contribution >= 0.6 is 0 Å². The van der Waals surface area contributed by atoms with Gasteiger partial charge in [-0.05, 0) is 149 Å². The Balaban J connectivity index is 1.04. The van der Waals surface area contributed by atoms with Crippen LogP contribution in [0.1, 0.15) is 190 Å². The quantitative estimate of drug-likeness (QED) is 0.0556. The summed E-state index contributed by atoms with van der Waals surface area (Å²) < 4.78 is 6.15. The number of hydrogen-bond acceptors (Lipinski definition) is 2. The average Bonchev–Trinajstić information content (AvgIpc) is 3.54. The Bertz CT molecular complexity index is 1350. The van der Waals surface area contributed by atoms with Gasteiger partial charge in [0.1, 0.15) is 6.10 Å². The summed E-state index contributed by atoms with van der Waals surface area (Å²) >= 11 is 0. The van der Waals surface area contributed by atoms with Gasteiger partial charge in [0.25, 0.3) is 0 Å². The van der Waals surface area contributed by atoms with Crippen molar-refractivity contribution in [3.05, 3.63) is 84.6 Å². The van der Waals surface area contributed by atoms with Crippen molar-refractivity contribution in [1.82, 2.24) is 0 Å². The second-order valence-electron chi connectivity index (χ2n) is 19.4. The molecule has 0 heterocycles. The van der Waals surface area contributed by atoms with Crippen LogP contribution in [0.4, 0.5) is 0 Å². The topological polar surface area (TPSA) is 26.3 Å². The third kappa shape index (κ3) is 13.9. The van der Waals surface area contributed by atoms with E-state index < -0.39 is 0 Å². The van der Waals surface area contributed by atoms with E-state index in [2.05, 4.69) is 127 Å². The minimum atomic E-state index is 0.0429. The molecule has 4 aliphatic carbocycles. The molecule has 2 nitrogen and oxygen atoms in total. The molecule has 0 aromatic carbocycles. The summed E-state index contributed by atoms with van der Waals surface area (Å²) in [7, 11) is 0. The summed E-state index contributed by atoms with van der Waals surface area (Å²) in [4.78, 5) is 12.9. The molecule has 0 radical (unpaired) electrons. The summed E-state index contributed by atoms with van der Waals surface area (Å²) in [6.45, 7) is 17.0. The maximum atomic E-state index is 12.9. The number of unbranched alkanes of at least 4 members (excludes halogenated alkanes) is 7. The van der Waals surface area contributed by atoms with Gasteiger partial charge < -0.3 is 4.74 Å². The highest BCUT2D eigenvalue weighted by Gasteiger charge is 2.59. The van der Waals surface area contributed by atoms with Gasteiger partial charge >= 0.3 is 5.97 Å². The van der Waals surface area contributed by atoms with E-state index in [4.69, 9.17) is 4.74 Å². The monoisotopic (exact) mass is 767 g/mol. The lowest BCUT2D eigenvalue weighted by molar-refractivity contribution is -0.151. The number of rotatable bonds is 24. The Morgan fingerprint density at radius 1 is 0.714 bits per heavy atom. The van der Waals surface area contributed by atoms with E-state index in [9.17, 15) is 4.79 Å². The minimum Gasteiger partial charge on any atom is -0.462 e. The lowest BCUT2D eigenvalue weighted by atomic mass is 9.47. The molecule has 314 valence electrons. The van der Waals surface area contributed by atoms with E-state index in [-0.39, 0.29) is 12.1 Å². The third-order valence-electron chi connectivity index (χ3n) is 15.2. The number of fused-ring (bicyclic) bond motifs is 5. The van der Waals surface area contributed by atoms with Crippen LogP contribution < -0.4 is 0 Å². The molecule has 0 N–H and O–H groups in total. The van der Waals surface area contributed by atoms with Crippen molar-refractivity contribution >= 4 is 5.97 Å². The molecule has 3 fully saturated rings. The predicted molar refractivity (Wildman–Crippen MR) is 243 cm³/mol. The Hall–Kier alpha value is -2.35. The molecule has 0 bridgehead atoms. The second kappa shape index (κ2) is 24.5. The van der Waals surface area contributed by atoms with Gasteiger partial charge in [-0.2, -0.15) is 0 Å². The molecule has 0 amide bonds. The summed E-state index contributed by atoms with van der Waals surface area (Å²) in [6.07, 6.45) is 56.1. The first-order valence-electron chi connectivity index (χ1n) is 23.9. The van der Waals surface area contributed by atoms with Crippen LogP contribution in [0.25, 0.3) is 0 Å². The standard InChI is InChI=1S/C54H86O2/c1-8-9-10-11-12-13-14-15-16-17-18-19-20-21-22-23-24-25-26-27-28-29-30-31-52(55)56-47-38-40-53(6)46(42-47)34-35-48-50-37-36-49(54(50,7)41-39-51(48)53)45(5)33-32-44(4)43(2)3/h9-10,12-13,15-16,18-19,21-22,32-34,43-45,47-51H,8,11,14,17,20,23-31,35-42H2,1-7H3/b10-9-,13-12-,16-15-,19-18-,22-21-,33-32+. The lowest BCUT2D eigenvalue weighted by Gasteiger charge is -2.58. The molecule has 0 saturated heterocycles. The molecule has 9 atom stereocenters. The highest BCUT2D eigenvalue weighted by Crippen LogP contribution is 2.67. The summed E-state index contributed by atoms with van der Waals surface area (Å²) in [5.41, 5.74) is 2.41. The number of ether oxygens (including phenoxy) is 1. The molecule has 0 aliphatic heterocycles. The maximum absolute atomic E-state index is 12.9. The molecule has 0 aromatic rings. The van der Waals surface area contributed by atoms with Crippen LogP contribution in [0.2, 0.25) is 0 Å². The first-order valence-corrected chi connectivity index (χ1v) is 23.9. The molecule has 3 saturated carbocycles. The number of allylic oxidation sites excluding steroid dienone is 13. The summed E-state index contributed by atoms with van der Waals surface area (Å²) in [5.74, 6) is 5.42. The first-order chi connectivity index (χ1) is 27.1. The van der Waals surface area contributed by atoms with Crippen molar-refractivity contribution in [2.75, 3.05) is 0 Å². The number of carbonyl (C=O) groups excluding carboxylic acids is 1. The van der Waals surface area contributed by atoms with Crippen LogP contribution in [0.5, 0.6) is 0 Å². The van der Waals surface area contributed by atoms with Crippen LogP contribution in [-0.4, -0.2) is 12.1 Å². The number of esters is 1. The van der Waals surface area contributed by atoms with Crippen molar-refractivity contribution in [1.29, 1.82) is 0 Å². The summed E-state index contributed by atoms with van der Waals surface area (Å²) in [6, 6.07) is 0. The van der Waals surface area contributed by atoms with Gasteiger partial charge in [-0.1, -0.05) is 165 Å². The highest BCUT2D eigenvalue weighted by molar-refractivity contribution is 5.69. The number of carbonyl (C=O) groups is 1. The third-order valence-corrected chi connectivity index (χ3v) is 15.2. The maximum Gasteiger partial charge on any atom is 0.306 e. The molecular weight excluding hydrogens is 681 g/mol. The second-order valence-corrected chi connectivity index (χ2v) is 19.4. The van der Waals surface area contributed by atoms with Crippen LogP contribution in [0.15, 0.2) is 84.6 Å². The molecule has 9 unspecified atom stereocenters. The van der Waals surface area contributed by atoms with Crippen molar-refractivity contribution in [3.8, 4) is 0 Å². The molecule has 0 aromatic heterocycles. The molecule has 4 rings (SSSR count). The predicted octanol–water partition coefficient (Wildman–Crippen LogP) is 16.2. The fraction of sp³-hybridized carbons (Fsp3) is 0.722. The van der Waals surface area contributed by atoms with Gasteiger partial charge in [0.15, 0.2) is 0 Å². The number of hydrogen-bond donors (Lipinski definition) is 0. The van der Waals surface area contributed by atoms with Gasteiger partial charge in [-0.25, -0.2) is 0 Å². The normalized spacial score (nSPS) is 30.6. The zero-order chi connectivity index (χ0) is 40.2. The van der Waals surface area contributed by atoms with E-state index in [0.29, 0.717) is 35.0 Å². The van der Waals surface area contributed by atoms with E-state index >= 15 is 0 Å². The zero-order valence-corrected chi connectivity index (χ0v) is 37.5. The van der Waals surface area contributed by atoms with Crippen molar-refractivity contribution in [3.63, 3.8) is 0 Å². The average molecular weight is 767 g/mol. The zero-order valence-electron chi connectivity index (χ0n) is 37.5.